The molecule has 0 aromatic heterocycles. The molecule has 0 heterocycles. The number of urea groups is 1. The van der Waals surface area contributed by atoms with E-state index >= 15 is 0 Å². The Bertz CT molecular complexity index is 174. The maximum Gasteiger partial charge on any atom is 0.312 e. The number of nitrogens with one attached hydrogen (secondary N) is 2. The first kappa shape index (κ1) is 10.8. The van der Waals surface area contributed by atoms with Crippen molar-refractivity contribution in [2.24, 2.45) is 5.73 Å². The first-order valence-corrected chi connectivity index (χ1v) is 3.93. The molecular weight excluding hydrogens is 154 g/mol. The molecule has 4 N–H and O–H groups in total. The number of amides is 2. The van der Waals surface area contributed by atoms with Crippen LogP contribution >= 0.6 is 0 Å². The lowest BCUT2D eigenvalue weighted by atomic mass is 10.2. The summed E-state index contributed by atoms with van der Waals surface area (Å²) < 4.78 is 0. The fraction of sp³-hybridized carbons (Fsp3) is 0.625. The zero-order valence-corrected chi connectivity index (χ0v) is 7.26. The van der Waals surface area contributed by atoms with Crippen molar-refractivity contribution >= 4 is 6.03 Å². The minimum absolute atomic E-state index is 0.0830. The highest BCUT2D eigenvalue weighted by Gasteiger charge is 1.98. The monoisotopic (exact) mass is 169 g/mol. The molecule has 1 atom stereocenters. The van der Waals surface area contributed by atoms with Gasteiger partial charge in [0.05, 0.1) is 6.04 Å². The number of rotatable bonds is 5. The molecule has 0 rings (SSSR count). The molecule has 68 valence electrons. The summed E-state index contributed by atoms with van der Waals surface area (Å²) in [7, 11) is 0. The van der Waals surface area contributed by atoms with Crippen LogP contribution in [0.15, 0.2) is 0 Å². The van der Waals surface area contributed by atoms with Crippen LogP contribution in [0.1, 0.15) is 13.3 Å². The molecule has 12 heavy (non-hydrogen) atoms. The van der Waals surface area contributed by atoms with Gasteiger partial charge in [0.1, 0.15) is 0 Å². The summed E-state index contributed by atoms with van der Waals surface area (Å²) >= 11 is 0. The fourth-order valence-corrected chi connectivity index (χ4v) is 0.753. The maximum absolute atomic E-state index is 10.2. The lowest BCUT2D eigenvalue weighted by Gasteiger charge is -2.09. The molecule has 0 saturated carbocycles. The van der Waals surface area contributed by atoms with Crippen LogP contribution in [-0.2, 0) is 0 Å². The van der Waals surface area contributed by atoms with E-state index in [4.69, 9.17) is 12.2 Å². The smallest absolute Gasteiger partial charge is 0.312 e. The van der Waals surface area contributed by atoms with E-state index in [0.29, 0.717) is 13.1 Å². The average Bonchev–Trinajstić information content (AvgIpc) is 2.04. The molecule has 4 nitrogen and oxygen atoms in total. The van der Waals surface area contributed by atoms with E-state index in [1.807, 2.05) is 6.92 Å². The summed E-state index contributed by atoms with van der Waals surface area (Å²) in [5.74, 6) is 2.58. The second-order valence-electron chi connectivity index (χ2n) is 2.37. The second kappa shape index (κ2) is 6.50. The Balaban J connectivity index is 3.31. The van der Waals surface area contributed by atoms with E-state index in [1.54, 1.807) is 0 Å². The minimum atomic E-state index is -0.509. The first-order chi connectivity index (χ1) is 5.70. The molecule has 0 aromatic carbocycles. The summed E-state index contributed by atoms with van der Waals surface area (Å²) in [6, 6.07) is -0.426. The number of hydrogen-bond acceptors (Lipinski definition) is 2. The Hall–Kier alpha value is -1.21. The van der Waals surface area contributed by atoms with Gasteiger partial charge in [0, 0.05) is 13.1 Å². The zero-order chi connectivity index (χ0) is 9.40. The Labute approximate surface area is 72.9 Å². The molecule has 0 aliphatic heterocycles. The number of hydrogen-bond donors (Lipinski definition) is 3. The van der Waals surface area contributed by atoms with Gasteiger partial charge in [-0.25, -0.2) is 4.79 Å². The number of carbonyl (C=O) groups is 1. The van der Waals surface area contributed by atoms with Crippen molar-refractivity contribution in [1.29, 1.82) is 0 Å². The summed E-state index contributed by atoms with van der Waals surface area (Å²) in [5.41, 5.74) is 4.86. The van der Waals surface area contributed by atoms with Gasteiger partial charge in [-0.05, 0) is 6.42 Å². The van der Waals surface area contributed by atoms with E-state index in [9.17, 15) is 4.79 Å². The molecule has 0 aliphatic carbocycles. The quantitative estimate of drug-likeness (QED) is 0.389. The van der Waals surface area contributed by atoms with Gasteiger partial charge in [0.2, 0.25) is 0 Å². The van der Waals surface area contributed by atoms with E-state index in [-0.39, 0.29) is 6.04 Å². The molecular formula is C8H15N3O. The second-order valence-corrected chi connectivity index (χ2v) is 2.37. The number of terminal acetylenes is 1. The fourth-order valence-electron chi connectivity index (χ4n) is 0.753. The van der Waals surface area contributed by atoms with Crippen molar-refractivity contribution < 1.29 is 4.79 Å². The third kappa shape index (κ3) is 5.57. The molecule has 0 aromatic rings. The highest BCUT2D eigenvalue weighted by Crippen LogP contribution is 1.85. The van der Waals surface area contributed by atoms with Gasteiger partial charge in [0.25, 0.3) is 0 Å². The molecule has 0 saturated heterocycles. The topological polar surface area (TPSA) is 67.2 Å². The first-order valence-electron chi connectivity index (χ1n) is 3.93. The van der Waals surface area contributed by atoms with Gasteiger partial charge in [-0.2, -0.15) is 0 Å². The highest BCUT2D eigenvalue weighted by molar-refractivity contribution is 5.71. The molecule has 0 aliphatic rings. The maximum atomic E-state index is 10.2. The Kier molecular flexibility index (Phi) is 5.84. The van der Waals surface area contributed by atoms with Crippen molar-refractivity contribution in [3.05, 3.63) is 0 Å². The minimum Gasteiger partial charge on any atom is -0.352 e. The van der Waals surface area contributed by atoms with Crippen molar-refractivity contribution in [3.63, 3.8) is 0 Å². The summed E-state index contributed by atoms with van der Waals surface area (Å²) in [6.07, 6.45) is 6.08. The lowest BCUT2D eigenvalue weighted by molar-refractivity contribution is 0.249. The van der Waals surface area contributed by atoms with E-state index in [2.05, 4.69) is 16.6 Å². The van der Waals surface area contributed by atoms with Gasteiger partial charge >= 0.3 is 6.03 Å². The van der Waals surface area contributed by atoms with Gasteiger partial charge in [-0.1, -0.05) is 12.8 Å². The number of carbonyl (C=O) groups excluding carboxylic acids is 1. The Morgan fingerprint density at radius 3 is 2.75 bits per heavy atom. The third-order valence-corrected chi connectivity index (χ3v) is 1.42. The van der Waals surface area contributed by atoms with Crippen LogP contribution in [0.2, 0.25) is 0 Å². The summed E-state index contributed by atoms with van der Waals surface area (Å²) in [4.78, 5) is 10.2. The average molecular weight is 169 g/mol. The molecule has 0 fully saturated rings. The van der Waals surface area contributed by atoms with Crippen LogP contribution in [0.3, 0.4) is 0 Å². The predicted molar refractivity (Wildman–Crippen MR) is 48.5 cm³/mol. The summed E-state index contributed by atoms with van der Waals surface area (Å²) in [6.45, 7) is 3.15. The third-order valence-electron chi connectivity index (χ3n) is 1.42. The number of primary amides is 1. The van der Waals surface area contributed by atoms with Gasteiger partial charge in [-0.15, -0.1) is 6.42 Å². The van der Waals surface area contributed by atoms with Crippen molar-refractivity contribution in [2.75, 3.05) is 13.1 Å². The van der Waals surface area contributed by atoms with Crippen LogP contribution in [0, 0.1) is 12.3 Å². The standard InChI is InChI=1S/C8H15N3O/c1-3-7(4-2)10-5-6-11-8(9)12/h1,7,10H,4-6H2,2H3,(H3,9,11,12). The van der Waals surface area contributed by atoms with Crippen molar-refractivity contribution in [1.82, 2.24) is 10.6 Å². The van der Waals surface area contributed by atoms with Crippen LogP contribution in [0.25, 0.3) is 0 Å². The molecule has 0 spiro atoms. The van der Waals surface area contributed by atoms with Crippen LogP contribution in [-0.4, -0.2) is 25.2 Å². The SMILES string of the molecule is C#CC(CC)NCCNC(N)=O. The molecule has 0 bridgehead atoms. The number of nitrogens with two attached hydrogens (primary N) is 1. The molecule has 0 radical (unpaired) electrons. The van der Waals surface area contributed by atoms with Crippen molar-refractivity contribution in [2.45, 2.75) is 19.4 Å². The van der Waals surface area contributed by atoms with E-state index in [1.165, 1.54) is 0 Å². The Morgan fingerprint density at radius 2 is 2.33 bits per heavy atom. The molecule has 4 heteroatoms. The van der Waals surface area contributed by atoms with E-state index in [0.717, 1.165) is 6.42 Å². The largest absolute Gasteiger partial charge is 0.352 e. The normalized spacial score (nSPS) is 11.7. The van der Waals surface area contributed by atoms with Crippen LogP contribution in [0.4, 0.5) is 4.79 Å². The van der Waals surface area contributed by atoms with E-state index < -0.39 is 6.03 Å². The molecule has 1 unspecified atom stereocenters. The van der Waals surface area contributed by atoms with Gasteiger partial charge < -0.3 is 16.4 Å². The van der Waals surface area contributed by atoms with Crippen molar-refractivity contribution in [3.8, 4) is 12.3 Å². The highest BCUT2D eigenvalue weighted by atomic mass is 16.2. The summed E-state index contributed by atoms with van der Waals surface area (Å²) in [5, 5.41) is 5.52. The predicted octanol–water partition coefficient (Wildman–Crippen LogP) is -0.344. The Morgan fingerprint density at radius 1 is 1.67 bits per heavy atom. The zero-order valence-electron chi connectivity index (χ0n) is 7.26. The van der Waals surface area contributed by atoms with Gasteiger partial charge in [-0.3, -0.25) is 0 Å². The van der Waals surface area contributed by atoms with Crippen LogP contribution in [0.5, 0.6) is 0 Å². The lowest BCUT2D eigenvalue weighted by Crippen LogP contribution is -2.38. The van der Waals surface area contributed by atoms with Crippen LogP contribution < -0.4 is 16.4 Å². The van der Waals surface area contributed by atoms with Gasteiger partial charge in [0.15, 0.2) is 0 Å². The molecule has 2 amide bonds.